The number of nitrogens with one attached hydrogen (secondary N) is 1. The Bertz CT molecular complexity index is 1210. The number of carbonyl (C=O) groups excluding carboxylic acids is 2. The van der Waals surface area contributed by atoms with Gasteiger partial charge >= 0.3 is 0 Å². The van der Waals surface area contributed by atoms with Crippen LogP contribution in [-0.4, -0.2) is 37.7 Å². The number of amides is 1. The molecule has 0 radical (unpaired) electrons. The minimum atomic E-state index is -2.13. The molecule has 0 saturated carbocycles. The first-order valence-electron chi connectivity index (χ1n) is 11.4. The molecule has 0 fully saturated rings. The van der Waals surface area contributed by atoms with Crippen LogP contribution in [0.2, 0.25) is 0 Å². The maximum Gasteiger partial charge on any atom is 0.265 e. The van der Waals surface area contributed by atoms with Crippen LogP contribution in [0.5, 0.6) is 0 Å². The average molecular weight is 509 g/mol. The van der Waals surface area contributed by atoms with E-state index in [0.717, 1.165) is 35.1 Å². The van der Waals surface area contributed by atoms with Crippen LogP contribution in [0.1, 0.15) is 46.1 Å². The van der Waals surface area contributed by atoms with Gasteiger partial charge in [0.05, 0.1) is 17.1 Å². The zero-order chi connectivity index (χ0) is 24.8. The van der Waals surface area contributed by atoms with Gasteiger partial charge in [-0.1, -0.05) is 60.5 Å². The van der Waals surface area contributed by atoms with Crippen molar-refractivity contribution in [3.8, 4) is 0 Å². The minimum absolute atomic E-state index is 0.0208. The Morgan fingerprint density at radius 3 is 2.49 bits per heavy atom. The Morgan fingerprint density at radius 1 is 1.17 bits per heavy atom. The fraction of sp³-hybridized carbons (Fsp3) is 0.269. The lowest BCUT2D eigenvalue weighted by Crippen LogP contribution is -2.41. The van der Waals surface area contributed by atoms with E-state index in [1.807, 2.05) is 52.9 Å². The third kappa shape index (κ3) is 6.30. The molecule has 2 heterocycles. The first-order valence-corrected chi connectivity index (χ1v) is 13.5. The van der Waals surface area contributed by atoms with Crippen LogP contribution >= 0.6 is 11.3 Å². The molecule has 0 spiro atoms. The molecule has 1 aliphatic heterocycles. The molecular formula is C26H26N3O4S2-. The molecule has 1 N–H and O–H groups in total. The molecule has 3 aromatic rings. The number of hydrogen-bond donors (Lipinski definition) is 1. The number of anilines is 1. The first kappa shape index (κ1) is 25.0. The van der Waals surface area contributed by atoms with E-state index in [0.29, 0.717) is 23.5 Å². The van der Waals surface area contributed by atoms with E-state index >= 15 is 0 Å². The Morgan fingerprint density at radius 2 is 1.89 bits per heavy atom. The molecule has 9 heteroatoms. The maximum absolute atomic E-state index is 12.3. The third-order valence-corrected chi connectivity index (χ3v) is 7.45. The van der Waals surface area contributed by atoms with Crippen molar-refractivity contribution >= 4 is 46.0 Å². The number of thiophene rings is 1. The highest BCUT2D eigenvalue weighted by atomic mass is 32.2. The molecule has 1 aromatic heterocycles. The lowest BCUT2D eigenvalue weighted by Gasteiger charge is -2.35. The second-order valence-corrected chi connectivity index (χ2v) is 10.2. The normalized spacial score (nSPS) is 18.6. The standard InChI is InChI=1S/C26H27N3O4S2/c1-2-20-14-23(16-30)29(28-25(20)21-9-5-19(6-10-21)17-35(32)33)15-18-7-11-22(12-8-18)27-26(31)24-4-3-13-34-24/h3-13,16,20,23H,2,14-15,17H2,1H3,(H,27,31)(H,32,33)/p-1. The number of hydrazone groups is 1. The van der Waals surface area contributed by atoms with Gasteiger partial charge in [0.25, 0.3) is 5.91 Å². The number of benzene rings is 2. The fourth-order valence-electron chi connectivity index (χ4n) is 4.14. The smallest absolute Gasteiger partial charge is 0.265 e. The van der Waals surface area contributed by atoms with E-state index in [1.165, 1.54) is 11.3 Å². The van der Waals surface area contributed by atoms with Crippen molar-refractivity contribution in [2.24, 2.45) is 11.0 Å². The highest BCUT2D eigenvalue weighted by molar-refractivity contribution is 7.78. The van der Waals surface area contributed by atoms with Gasteiger partial charge in [0.1, 0.15) is 12.3 Å². The van der Waals surface area contributed by atoms with E-state index in [-0.39, 0.29) is 23.6 Å². The van der Waals surface area contributed by atoms with E-state index in [2.05, 4.69) is 12.2 Å². The number of aldehydes is 1. The third-order valence-electron chi connectivity index (χ3n) is 6.02. The zero-order valence-electron chi connectivity index (χ0n) is 19.3. The minimum Gasteiger partial charge on any atom is -0.772 e. The molecule has 4 rings (SSSR count). The highest BCUT2D eigenvalue weighted by Gasteiger charge is 2.30. The van der Waals surface area contributed by atoms with E-state index in [4.69, 9.17) is 5.10 Å². The molecule has 0 saturated heterocycles. The highest BCUT2D eigenvalue weighted by Crippen LogP contribution is 2.28. The van der Waals surface area contributed by atoms with Crippen molar-refractivity contribution in [2.75, 3.05) is 5.32 Å². The molecule has 2 aromatic carbocycles. The summed E-state index contributed by atoms with van der Waals surface area (Å²) in [5.74, 6) is -0.0273. The molecule has 182 valence electrons. The van der Waals surface area contributed by atoms with Gasteiger partial charge in [-0.05, 0) is 53.1 Å². The van der Waals surface area contributed by atoms with Crippen LogP contribution in [-0.2, 0) is 28.2 Å². The topological polar surface area (TPSA) is 102 Å². The summed E-state index contributed by atoms with van der Waals surface area (Å²) in [7, 11) is 0. The van der Waals surface area contributed by atoms with Crippen LogP contribution in [0.3, 0.4) is 0 Å². The Kier molecular flexibility index (Phi) is 8.22. The van der Waals surface area contributed by atoms with Crippen molar-refractivity contribution in [1.29, 1.82) is 0 Å². The van der Waals surface area contributed by atoms with Crippen LogP contribution in [0.4, 0.5) is 5.69 Å². The molecule has 7 nitrogen and oxygen atoms in total. The quantitative estimate of drug-likeness (QED) is 0.337. The van der Waals surface area contributed by atoms with Crippen molar-refractivity contribution in [2.45, 2.75) is 38.1 Å². The number of hydrogen-bond acceptors (Lipinski definition) is 7. The number of carbonyl (C=O) groups is 2. The Labute approximate surface area is 211 Å². The second kappa shape index (κ2) is 11.5. The average Bonchev–Trinajstić information content (AvgIpc) is 3.40. The van der Waals surface area contributed by atoms with Gasteiger partial charge in [-0.2, -0.15) is 5.10 Å². The Hall–Kier alpha value is -3.14. The first-order chi connectivity index (χ1) is 17.0. The lowest BCUT2D eigenvalue weighted by atomic mass is 9.87. The molecular weight excluding hydrogens is 482 g/mol. The second-order valence-electron chi connectivity index (χ2n) is 8.40. The number of nitrogens with zero attached hydrogens (tertiary/aromatic N) is 2. The summed E-state index contributed by atoms with van der Waals surface area (Å²) in [5.41, 5.74) is 4.23. The summed E-state index contributed by atoms with van der Waals surface area (Å²) in [4.78, 5) is 24.8. The number of rotatable bonds is 9. The van der Waals surface area contributed by atoms with Crippen molar-refractivity contribution < 1.29 is 18.4 Å². The molecule has 35 heavy (non-hydrogen) atoms. The van der Waals surface area contributed by atoms with Crippen LogP contribution in [0.15, 0.2) is 71.1 Å². The predicted molar refractivity (Wildman–Crippen MR) is 138 cm³/mol. The van der Waals surface area contributed by atoms with Crippen molar-refractivity contribution in [1.82, 2.24) is 5.01 Å². The van der Waals surface area contributed by atoms with Gasteiger partial charge in [0, 0.05) is 17.4 Å². The molecule has 3 unspecified atom stereocenters. The Balaban J connectivity index is 1.51. The van der Waals surface area contributed by atoms with Gasteiger partial charge in [0.2, 0.25) is 0 Å². The van der Waals surface area contributed by atoms with Crippen molar-refractivity contribution in [3.63, 3.8) is 0 Å². The summed E-state index contributed by atoms with van der Waals surface area (Å²) < 4.78 is 22.0. The predicted octanol–water partition coefficient (Wildman–Crippen LogP) is 4.58. The van der Waals surface area contributed by atoms with Crippen LogP contribution in [0.25, 0.3) is 0 Å². The molecule has 1 aliphatic rings. The summed E-state index contributed by atoms with van der Waals surface area (Å²) in [6.45, 7) is 2.53. The van der Waals surface area contributed by atoms with Gasteiger partial charge < -0.3 is 14.7 Å². The summed E-state index contributed by atoms with van der Waals surface area (Å²) in [6.07, 6.45) is 2.47. The van der Waals surface area contributed by atoms with E-state index in [9.17, 15) is 18.4 Å². The molecule has 0 bridgehead atoms. The maximum atomic E-state index is 12.3. The van der Waals surface area contributed by atoms with Gasteiger partial charge in [0.15, 0.2) is 0 Å². The molecule has 3 atom stereocenters. The van der Waals surface area contributed by atoms with Crippen molar-refractivity contribution in [3.05, 3.63) is 87.6 Å². The summed E-state index contributed by atoms with van der Waals surface area (Å²) in [5, 5.41) is 11.4. The lowest BCUT2D eigenvalue weighted by molar-refractivity contribution is -0.113. The van der Waals surface area contributed by atoms with Gasteiger partial charge in [-0.25, -0.2) is 0 Å². The summed E-state index contributed by atoms with van der Waals surface area (Å²) >= 11 is -0.745. The zero-order valence-corrected chi connectivity index (χ0v) is 20.9. The monoisotopic (exact) mass is 508 g/mol. The fourth-order valence-corrected chi connectivity index (χ4v) is 5.22. The van der Waals surface area contributed by atoms with Crippen LogP contribution in [0, 0.1) is 5.92 Å². The van der Waals surface area contributed by atoms with E-state index in [1.54, 1.807) is 18.2 Å². The molecule has 0 aliphatic carbocycles. The molecule has 1 amide bonds. The SMILES string of the molecule is CCC1CC(C=O)N(Cc2ccc(NC(=O)c3cccs3)cc2)N=C1c1ccc(CS(=O)[O-])cc1. The van der Waals surface area contributed by atoms with E-state index < -0.39 is 11.1 Å². The van der Waals surface area contributed by atoms with Gasteiger partial charge in [-0.15, -0.1) is 11.3 Å². The largest absolute Gasteiger partial charge is 0.772 e. The van der Waals surface area contributed by atoms with Gasteiger partial charge in [-0.3, -0.25) is 14.0 Å². The van der Waals surface area contributed by atoms with Crippen LogP contribution < -0.4 is 5.32 Å². The summed E-state index contributed by atoms with van der Waals surface area (Å²) in [6, 6.07) is 18.2.